The molecule has 15 N–H and O–H groups in total. The monoisotopic (exact) mass is 1550 g/mol. The number of hydrogen-bond acceptors (Lipinski definition) is 16. The zero-order chi connectivity index (χ0) is 47.2. The molecule has 0 fully saturated rings. The molecule has 0 radical (unpaired) electrons. The van der Waals surface area contributed by atoms with Crippen LogP contribution in [-0.4, -0.2) is 175 Å². The van der Waals surface area contributed by atoms with Gasteiger partial charge in [-0.15, -0.1) is 0 Å². The van der Waals surface area contributed by atoms with Gasteiger partial charge in [0.2, 0.25) is 0 Å². The van der Waals surface area contributed by atoms with E-state index in [1.807, 2.05) is 0 Å². The number of amides is 6. The number of carbonyl (C=O) groups is 6. The van der Waals surface area contributed by atoms with Crippen molar-refractivity contribution in [2.24, 2.45) is 0 Å². The molecule has 0 bridgehead atoms. The second-order valence-electron chi connectivity index (χ2n) is 12.8. The van der Waals surface area contributed by atoms with Gasteiger partial charge in [0.25, 0.3) is 35.4 Å². The van der Waals surface area contributed by atoms with Crippen molar-refractivity contribution >= 4 is 182 Å². The van der Waals surface area contributed by atoms with Crippen LogP contribution < -0.4 is 26.6 Å². The van der Waals surface area contributed by atoms with E-state index >= 15 is 0 Å². The molecule has 22 nitrogen and oxygen atoms in total. The van der Waals surface area contributed by atoms with Crippen molar-refractivity contribution in [1.82, 2.24) is 21.0 Å². The van der Waals surface area contributed by atoms with E-state index in [-0.39, 0.29) is 107 Å². The van der Waals surface area contributed by atoms with E-state index in [0.717, 1.165) is 0 Å². The van der Waals surface area contributed by atoms with E-state index in [0.29, 0.717) is 5.06 Å². The number of unbranched alkanes of at least 4 members (excludes halogenated alkanes) is 1. The number of rotatable bonds is 23. The number of aliphatic hydroxyl groups is 9. The molecule has 2 rings (SSSR count). The van der Waals surface area contributed by atoms with Crippen molar-refractivity contribution in [3.63, 3.8) is 0 Å². The minimum atomic E-state index is -2.09. The molecule has 0 saturated heterocycles. The second-order valence-corrected chi connectivity index (χ2v) is 19.2. The van der Waals surface area contributed by atoms with Crippen molar-refractivity contribution < 1.29 is 79.9 Å². The van der Waals surface area contributed by atoms with E-state index in [1.165, 1.54) is 0 Å². The van der Waals surface area contributed by atoms with Crippen LogP contribution >= 0.6 is 136 Å². The Balaban J connectivity index is 2.36. The third-order valence-electron chi connectivity index (χ3n) is 8.31. The van der Waals surface area contributed by atoms with Crippen LogP contribution in [0, 0.1) is 21.4 Å². The Kier molecular flexibility index (Phi) is 25.7. The molecular weight excluding hydrogens is 1510 g/mol. The number of anilines is 2. The summed E-state index contributed by atoms with van der Waals surface area (Å²) < 4.78 is 0.657. The molecule has 0 aromatic heterocycles. The van der Waals surface area contributed by atoms with Gasteiger partial charge in [0.15, 0.2) is 12.2 Å². The van der Waals surface area contributed by atoms with Crippen molar-refractivity contribution in [3.8, 4) is 0 Å². The molecule has 0 heterocycles. The third-order valence-corrected chi connectivity index (χ3v) is 14.8. The standard InChI is InChI=1S/C34H42I6N6O16/c35-19-15(21(37)25(44-32(59)27(54)13(52)10-49)22(38)16(19)31(58)43-8-12(51)9-48)29(56)41-4-1-2-5-42-30(57)17-20(36)18(34(61)46(62)6-3-7-47)24(40)26(23(17)39)45-33(60)28(55)14(53)11-50/h12-14,27-28,47-55,62H,1-11H2,(H,41,56)(H,42,57)(H,43,58)(H,44,59)(H,45,60). The highest BCUT2D eigenvalue weighted by molar-refractivity contribution is 14.1. The maximum Gasteiger partial charge on any atom is 0.279 e. The maximum absolute atomic E-state index is 13.7. The van der Waals surface area contributed by atoms with Gasteiger partial charge in [0.05, 0.1) is 80.4 Å². The summed E-state index contributed by atoms with van der Waals surface area (Å²) in [6.45, 7) is -3.49. The summed E-state index contributed by atoms with van der Waals surface area (Å²) >= 11 is 10.4. The van der Waals surface area contributed by atoms with Gasteiger partial charge in [0.1, 0.15) is 12.2 Å². The van der Waals surface area contributed by atoms with Crippen LogP contribution in [0.1, 0.15) is 60.7 Å². The normalized spacial score (nSPS) is 13.6. The summed E-state index contributed by atoms with van der Waals surface area (Å²) in [7, 11) is 0. The fourth-order valence-corrected chi connectivity index (χ4v) is 13.7. The summed E-state index contributed by atoms with van der Waals surface area (Å²) in [6.07, 6.45) is -8.60. The Hall–Kier alpha value is -0.760. The molecular formula is C34H42I6N6O16. The van der Waals surface area contributed by atoms with Crippen LogP contribution in [0.3, 0.4) is 0 Å². The molecule has 0 aliphatic carbocycles. The highest BCUT2D eigenvalue weighted by atomic mass is 127. The number of nitrogens with one attached hydrogen (secondary N) is 5. The summed E-state index contributed by atoms with van der Waals surface area (Å²) in [6, 6.07) is 0. The lowest BCUT2D eigenvalue weighted by Crippen LogP contribution is -2.41. The maximum atomic E-state index is 13.7. The van der Waals surface area contributed by atoms with E-state index < -0.39 is 85.8 Å². The molecule has 62 heavy (non-hydrogen) atoms. The second kappa shape index (κ2) is 27.8. The fourth-order valence-electron chi connectivity index (χ4n) is 4.92. The van der Waals surface area contributed by atoms with Crippen molar-refractivity contribution in [2.45, 2.75) is 49.8 Å². The summed E-state index contributed by atoms with van der Waals surface area (Å²) in [5.74, 6) is -5.48. The zero-order valence-electron chi connectivity index (χ0n) is 31.8. The number of carbonyl (C=O) groups excluding carboxylic acids is 6. The highest BCUT2D eigenvalue weighted by Crippen LogP contribution is 2.38. The first-order valence-electron chi connectivity index (χ1n) is 17.8. The molecule has 28 heteroatoms. The van der Waals surface area contributed by atoms with Crippen molar-refractivity contribution in [1.29, 1.82) is 0 Å². The first-order chi connectivity index (χ1) is 29.1. The molecule has 0 aliphatic heterocycles. The summed E-state index contributed by atoms with van der Waals surface area (Å²) in [5.41, 5.74) is -0.645. The highest BCUT2D eigenvalue weighted by Gasteiger charge is 2.34. The molecule has 6 amide bonds. The molecule has 0 spiro atoms. The topological polar surface area (TPSA) is 368 Å². The quantitative estimate of drug-likeness (QED) is 0.0271. The predicted molar refractivity (Wildman–Crippen MR) is 268 cm³/mol. The minimum Gasteiger partial charge on any atom is -0.396 e. The Morgan fingerprint density at radius 3 is 1.26 bits per heavy atom. The third kappa shape index (κ3) is 15.1. The first-order valence-corrected chi connectivity index (χ1v) is 24.3. The Morgan fingerprint density at radius 1 is 0.516 bits per heavy atom. The van der Waals surface area contributed by atoms with Crippen LogP contribution in [0.25, 0.3) is 0 Å². The van der Waals surface area contributed by atoms with Gasteiger partial charge < -0.3 is 72.5 Å². The van der Waals surface area contributed by atoms with E-state index in [4.69, 9.17) is 0 Å². The number of nitrogens with zero attached hydrogens (tertiary/aromatic N) is 1. The number of hydrogen-bond donors (Lipinski definition) is 15. The SMILES string of the molecule is O=C(NCCCCNC(=O)c1c(I)c(NC(=O)C(O)C(O)CO)c(I)c(C(=O)N(O)CCCO)c1I)c1c(I)c(NC(=O)C(O)C(O)CO)c(I)c(C(=O)NCC(O)CO)c1I. The summed E-state index contributed by atoms with van der Waals surface area (Å²) in [5, 5.41) is 110. The zero-order valence-corrected chi connectivity index (χ0v) is 44.7. The number of halogens is 6. The largest absolute Gasteiger partial charge is 0.396 e. The molecule has 0 saturated carbocycles. The minimum absolute atomic E-state index is 0.0165. The molecule has 2 aromatic rings. The molecule has 5 atom stereocenters. The Bertz CT molecular complexity index is 1980. The van der Waals surface area contributed by atoms with Gasteiger partial charge in [-0.2, -0.15) is 0 Å². The van der Waals surface area contributed by atoms with Gasteiger partial charge in [-0.1, -0.05) is 0 Å². The van der Waals surface area contributed by atoms with E-state index in [1.54, 1.807) is 136 Å². The average molecular weight is 1550 g/mol. The van der Waals surface area contributed by atoms with Crippen LogP contribution in [0.4, 0.5) is 11.4 Å². The van der Waals surface area contributed by atoms with E-state index in [9.17, 15) is 79.9 Å². The van der Waals surface area contributed by atoms with Crippen molar-refractivity contribution in [2.75, 3.05) is 63.2 Å². The van der Waals surface area contributed by atoms with E-state index in [2.05, 4.69) is 26.6 Å². The molecule has 5 unspecified atom stereocenters. The van der Waals surface area contributed by atoms with Crippen LogP contribution in [-0.2, 0) is 9.59 Å². The Morgan fingerprint density at radius 2 is 0.887 bits per heavy atom. The van der Waals surface area contributed by atoms with Gasteiger partial charge in [0, 0.05) is 33.4 Å². The number of benzene rings is 2. The van der Waals surface area contributed by atoms with Crippen LogP contribution in [0.5, 0.6) is 0 Å². The van der Waals surface area contributed by atoms with Crippen molar-refractivity contribution in [3.05, 3.63) is 43.7 Å². The first kappa shape index (κ1) is 57.4. The number of hydroxylamine groups is 2. The van der Waals surface area contributed by atoms with Gasteiger partial charge in [-0.05, 0) is 155 Å². The van der Waals surface area contributed by atoms with Crippen LogP contribution in [0.2, 0.25) is 0 Å². The predicted octanol–water partition coefficient (Wildman–Crippen LogP) is -1.14. The van der Waals surface area contributed by atoms with Gasteiger partial charge >= 0.3 is 0 Å². The lowest BCUT2D eigenvalue weighted by molar-refractivity contribution is -0.131. The fraction of sp³-hybridized carbons (Fsp3) is 0.471. The lowest BCUT2D eigenvalue weighted by atomic mass is 10.1. The smallest absolute Gasteiger partial charge is 0.279 e. The molecule has 0 aliphatic rings. The molecule has 2 aromatic carbocycles. The van der Waals surface area contributed by atoms with Gasteiger partial charge in [-0.3, -0.25) is 34.0 Å². The number of aliphatic hydroxyl groups excluding tert-OH is 9. The lowest BCUT2D eigenvalue weighted by Gasteiger charge is -2.23. The van der Waals surface area contributed by atoms with Gasteiger partial charge in [-0.25, -0.2) is 5.06 Å². The Labute approximate surface area is 434 Å². The average Bonchev–Trinajstić information content (AvgIpc) is 3.24. The van der Waals surface area contributed by atoms with Crippen LogP contribution in [0.15, 0.2) is 0 Å². The summed E-state index contributed by atoms with van der Waals surface area (Å²) in [4.78, 5) is 79.7. The molecule has 346 valence electrons.